The van der Waals surface area contributed by atoms with Gasteiger partial charge in [-0.1, -0.05) is 12.1 Å². The molecule has 4 heteroatoms. The van der Waals surface area contributed by atoms with Crippen LogP contribution in [0.15, 0.2) is 40.2 Å². The minimum atomic E-state index is 0.899. The second kappa shape index (κ2) is 7.08. The minimum Gasteiger partial charge on any atom is -0.366 e. The number of thiophene rings is 1. The summed E-state index contributed by atoms with van der Waals surface area (Å²) in [6, 6.07) is 10.9. The summed E-state index contributed by atoms with van der Waals surface area (Å²) in [4.78, 5) is 3.78. The number of nitrogens with one attached hydrogen (secondary N) is 1. The quantitative estimate of drug-likeness (QED) is 0.846. The molecule has 0 saturated carbocycles. The van der Waals surface area contributed by atoms with Gasteiger partial charge in [-0.25, -0.2) is 0 Å². The van der Waals surface area contributed by atoms with Crippen LogP contribution in [0.4, 0.5) is 5.69 Å². The van der Waals surface area contributed by atoms with E-state index >= 15 is 0 Å². The highest BCUT2D eigenvalue weighted by molar-refractivity contribution is 9.10. The molecule has 2 nitrogen and oxygen atoms in total. The summed E-state index contributed by atoms with van der Waals surface area (Å²) in [5, 5.41) is 5.31. The molecule has 0 aliphatic heterocycles. The van der Waals surface area contributed by atoms with Crippen LogP contribution in [0.5, 0.6) is 0 Å². The van der Waals surface area contributed by atoms with Crippen LogP contribution in [0.3, 0.4) is 0 Å². The molecule has 0 aliphatic carbocycles. The molecule has 0 saturated heterocycles. The lowest BCUT2D eigenvalue weighted by Gasteiger charge is -2.24. The zero-order valence-corrected chi connectivity index (χ0v) is 13.7. The Morgan fingerprint density at radius 1 is 1.32 bits per heavy atom. The molecule has 0 spiro atoms. The summed E-state index contributed by atoms with van der Waals surface area (Å²) in [5.41, 5.74) is 2.56. The van der Waals surface area contributed by atoms with E-state index in [1.165, 1.54) is 20.6 Å². The van der Waals surface area contributed by atoms with E-state index in [1.807, 2.05) is 18.4 Å². The molecule has 0 radical (unpaired) electrons. The second-order valence-electron chi connectivity index (χ2n) is 4.41. The molecule has 2 aromatic rings. The lowest BCUT2D eigenvalue weighted by Crippen LogP contribution is -2.22. The number of benzene rings is 1. The molecule has 102 valence electrons. The first-order valence-corrected chi connectivity index (χ1v) is 8.12. The summed E-state index contributed by atoms with van der Waals surface area (Å²) in [5.74, 6) is 0. The number of halogens is 1. The van der Waals surface area contributed by atoms with Gasteiger partial charge in [0.05, 0.1) is 12.2 Å². The SMILES string of the molecule is CCN(Cc1cccs1)c1ccc(CNC)cc1Br. The Balaban J connectivity index is 2.18. The monoisotopic (exact) mass is 338 g/mol. The van der Waals surface area contributed by atoms with Gasteiger partial charge in [-0.3, -0.25) is 0 Å². The van der Waals surface area contributed by atoms with Crippen molar-refractivity contribution < 1.29 is 0 Å². The van der Waals surface area contributed by atoms with E-state index in [4.69, 9.17) is 0 Å². The average molecular weight is 339 g/mol. The second-order valence-corrected chi connectivity index (χ2v) is 6.30. The van der Waals surface area contributed by atoms with Crippen molar-refractivity contribution in [2.24, 2.45) is 0 Å². The van der Waals surface area contributed by atoms with Crippen molar-refractivity contribution in [3.8, 4) is 0 Å². The van der Waals surface area contributed by atoms with E-state index in [0.717, 1.165) is 19.6 Å². The summed E-state index contributed by atoms with van der Waals surface area (Å²) in [6.45, 7) is 5.07. The van der Waals surface area contributed by atoms with Crippen molar-refractivity contribution in [2.45, 2.75) is 20.0 Å². The topological polar surface area (TPSA) is 15.3 Å². The van der Waals surface area contributed by atoms with Gasteiger partial charge in [-0.15, -0.1) is 11.3 Å². The maximum atomic E-state index is 3.70. The van der Waals surface area contributed by atoms with Crippen LogP contribution >= 0.6 is 27.3 Å². The van der Waals surface area contributed by atoms with E-state index in [9.17, 15) is 0 Å². The van der Waals surface area contributed by atoms with Gasteiger partial charge in [-0.2, -0.15) is 0 Å². The first-order chi connectivity index (χ1) is 9.24. The predicted octanol–water partition coefficient (Wildman–Crippen LogP) is 4.26. The maximum Gasteiger partial charge on any atom is 0.0523 e. The Morgan fingerprint density at radius 2 is 2.16 bits per heavy atom. The molecule has 19 heavy (non-hydrogen) atoms. The van der Waals surface area contributed by atoms with Gasteiger partial charge in [0.15, 0.2) is 0 Å². The highest BCUT2D eigenvalue weighted by Gasteiger charge is 2.10. The Labute approximate surface area is 127 Å². The molecule has 1 heterocycles. The summed E-state index contributed by atoms with van der Waals surface area (Å²) < 4.78 is 1.17. The number of nitrogens with zero attached hydrogens (tertiary/aromatic N) is 1. The van der Waals surface area contributed by atoms with Crippen LogP contribution in [0.2, 0.25) is 0 Å². The number of hydrogen-bond donors (Lipinski definition) is 1. The molecule has 1 aromatic carbocycles. The minimum absolute atomic E-state index is 0.899. The molecule has 0 unspecified atom stereocenters. The summed E-state index contributed by atoms with van der Waals surface area (Å²) in [6.07, 6.45) is 0. The average Bonchev–Trinajstić information content (AvgIpc) is 2.90. The van der Waals surface area contributed by atoms with Crippen molar-refractivity contribution in [1.82, 2.24) is 5.32 Å². The first kappa shape index (κ1) is 14.6. The standard InChI is InChI=1S/C15H19BrN2S/c1-3-18(11-13-5-4-8-19-13)15-7-6-12(10-17-2)9-14(15)16/h4-9,17H,3,10-11H2,1-2H3. The van der Waals surface area contributed by atoms with E-state index in [1.54, 1.807) is 0 Å². The fraction of sp³-hybridized carbons (Fsp3) is 0.333. The van der Waals surface area contributed by atoms with Crippen LogP contribution < -0.4 is 10.2 Å². The van der Waals surface area contributed by atoms with Gasteiger partial charge < -0.3 is 10.2 Å². The molecule has 0 amide bonds. The van der Waals surface area contributed by atoms with Crippen molar-refractivity contribution in [2.75, 3.05) is 18.5 Å². The number of anilines is 1. The van der Waals surface area contributed by atoms with Crippen LogP contribution in [0.25, 0.3) is 0 Å². The van der Waals surface area contributed by atoms with E-state index < -0.39 is 0 Å². The lowest BCUT2D eigenvalue weighted by molar-refractivity contribution is 0.812. The summed E-state index contributed by atoms with van der Waals surface area (Å²) >= 11 is 5.51. The normalized spacial score (nSPS) is 10.7. The van der Waals surface area contributed by atoms with Gasteiger partial charge >= 0.3 is 0 Å². The molecule has 0 aliphatic rings. The molecule has 0 fully saturated rings. The van der Waals surface area contributed by atoms with E-state index in [0.29, 0.717) is 0 Å². The molecule has 1 aromatic heterocycles. The van der Waals surface area contributed by atoms with Crippen molar-refractivity contribution in [3.05, 3.63) is 50.6 Å². The Morgan fingerprint density at radius 3 is 2.74 bits per heavy atom. The van der Waals surface area contributed by atoms with Crippen LogP contribution in [0.1, 0.15) is 17.4 Å². The fourth-order valence-corrected chi connectivity index (χ4v) is 3.48. The molecule has 2 rings (SSSR count). The fourth-order valence-electron chi connectivity index (χ4n) is 2.08. The maximum absolute atomic E-state index is 3.70. The van der Waals surface area contributed by atoms with Crippen LogP contribution in [-0.2, 0) is 13.1 Å². The van der Waals surface area contributed by atoms with Crippen LogP contribution in [0, 0.1) is 0 Å². The zero-order chi connectivity index (χ0) is 13.7. The largest absolute Gasteiger partial charge is 0.366 e. The summed E-state index contributed by atoms with van der Waals surface area (Å²) in [7, 11) is 1.97. The smallest absolute Gasteiger partial charge is 0.0523 e. The molecule has 0 atom stereocenters. The predicted molar refractivity (Wildman–Crippen MR) is 87.9 cm³/mol. The van der Waals surface area contributed by atoms with E-state index in [-0.39, 0.29) is 0 Å². The Bertz CT molecular complexity index is 511. The molecular weight excluding hydrogens is 320 g/mol. The highest BCUT2D eigenvalue weighted by atomic mass is 79.9. The van der Waals surface area contributed by atoms with Gasteiger partial charge in [-0.05, 0) is 59.0 Å². The van der Waals surface area contributed by atoms with Crippen LogP contribution in [-0.4, -0.2) is 13.6 Å². The van der Waals surface area contributed by atoms with Crippen molar-refractivity contribution >= 4 is 33.0 Å². The first-order valence-electron chi connectivity index (χ1n) is 6.45. The third-order valence-corrected chi connectivity index (χ3v) is 4.54. The van der Waals surface area contributed by atoms with Gasteiger partial charge in [0.25, 0.3) is 0 Å². The van der Waals surface area contributed by atoms with Gasteiger partial charge in [0.2, 0.25) is 0 Å². The van der Waals surface area contributed by atoms with E-state index in [2.05, 4.69) is 68.8 Å². The Kier molecular flexibility index (Phi) is 5.43. The number of hydrogen-bond acceptors (Lipinski definition) is 3. The van der Waals surface area contributed by atoms with Crippen molar-refractivity contribution in [1.29, 1.82) is 0 Å². The number of rotatable bonds is 6. The third kappa shape index (κ3) is 3.81. The zero-order valence-electron chi connectivity index (χ0n) is 11.3. The van der Waals surface area contributed by atoms with Gasteiger partial charge in [0, 0.05) is 22.4 Å². The molecule has 0 bridgehead atoms. The van der Waals surface area contributed by atoms with Gasteiger partial charge in [0.1, 0.15) is 0 Å². The van der Waals surface area contributed by atoms with Crippen molar-refractivity contribution in [3.63, 3.8) is 0 Å². The Hall–Kier alpha value is -0.840. The molecule has 1 N–H and O–H groups in total. The molecular formula is C15H19BrN2S. The third-order valence-electron chi connectivity index (χ3n) is 3.04. The lowest BCUT2D eigenvalue weighted by atomic mass is 10.2. The highest BCUT2D eigenvalue weighted by Crippen LogP contribution is 2.29.